The van der Waals surface area contributed by atoms with E-state index in [1.807, 2.05) is 0 Å². The van der Waals surface area contributed by atoms with Gasteiger partial charge in [-0.15, -0.1) is 0 Å². The molecule has 0 atom stereocenters. The fourth-order valence-corrected chi connectivity index (χ4v) is 4.02. The summed E-state index contributed by atoms with van der Waals surface area (Å²) in [5.41, 5.74) is 6.61. The average molecular weight is 297 g/mol. The van der Waals surface area contributed by atoms with Gasteiger partial charge >= 0.3 is 0 Å². The van der Waals surface area contributed by atoms with Crippen LogP contribution >= 0.6 is 0 Å². The summed E-state index contributed by atoms with van der Waals surface area (Å²) in [7, 11) is 0. The van der Waals surface area contributed by atoms with Crippen molar-refractivity contribution in [3.8, 4) is 0 Å². The van der Waals surface area contributed by atoms with Crippen LogP contribution in [0.1, 0.15) is 91.4 Å². The third kappa shape index (κ3) is 6.69. The zero-order chi connectivity index (χ0) is 15.6. The van der Waals surface area contributed by atoms with Crippen LogP contribution in [0.4, 0.5) is 0 Å². The fourth-order valence-electron chi connectivity index (χ4n) is 4.02. The Bertz CT molecular complexity index is 238. The van der Waals surface area contributed by atoms with Crippen LogP contribution in [0.15, 0.2) is 0 Å². The summed E-state index contributed by atoms with van der Waals surface area (Å²) in [5.74, 6) is 0.731. The highest BCUT2D eigenvalue weighted by molar-refractivity contribution is 4.92. The van der Waals surface area contributed by atoms with Gasteiger partial charge in [0.1, 0.15) is 0 Å². The molecule has 126 valence electrons. The Hall–Kier alpha value is -0.0800. The van der Waals surface area contributed by atoms with Crippen LogP contribution in [0.3, 0.4) is 0 Å². The second-order valence-corrected chi connectivity index (χ2v) is 7.54. The van der Waals surface area contributed by atoms with Gasteiger partial charge in [0.15, 0.2) is 0 Å². The fraction of sp³-hybridized carbons (Fsp3) is 1.00. The van der Waals surface area contributed by atoms with E-state index in [4.69, 9.17) is 5.73 Å². The molecule has 0 radical (unpaired) electrons. The van der Waals surface area contributed by atoms with Crippen LogP contribution in [0.5, 0.6) is 0 Å². The Morgan fingerprint density at radius 2 is 1.29 bits per heavy atom. The molecule has 0 aromatic carbocycles. The smallest absolute Gasteiger partial charge is 0.0331 e. The average Bonchev–Trinajstić information content (AvgIpc) is 2.46. The molecule has 0 aliphatic heterocycles. The molecular weight excluding hydrogens is 256 g/mol. The first kappa shape index (κ1) is 19.0. The highest BCUT2D eigenvalue weighted by Gasteiger charge is 2.33. The molecule has 2 heteroatoms. The molecule has 2 N–H and O–H groups in total. The molecule has 1 rings (SSSR count). The van der Waals surface area contributed by atoms with Crippen LogP contribution in [-0.4, -0.2) is 30.1 Å². The second kappa shape index (κ2) is 10.6. The minimum Gasteiger partial charge on any atom is -0.329 e. The van der Waals surface area contributed by atoms with E-state index in [1.165, 1.54) is 77.2 Å². The summed E-state index contributed by atoms with van der Waals surface area (Å²) in [6.45, 7) is 10.2. The molecular formula is C19H40N2. The molecule has 0 heterocycles. The van der Waals surface area contributed by atoms with Gasteiger partial charge in [-0.1, -0.05) is 78.6 Å². The van der Waals surface area contributed by atoms with E-state index in [2.05, 4.69) is 25.7 Å². The van der Waals surface area contributed by atoms with Crippen LogP contribution < -0.4 is 5.73 Å². The topological polar surface area (TPSA) is 29.3 Å². The van der Waals surface area contributed by atoms with Crippen LogP contribution in [0, 0.1) is 5.92 Å². The predicted octanol–water partition coefficient (Wildman–Crippen LogP) is 4.97. The highest BCUT2D eigenvalue weighted by Crippen LogP contribution is 2.30. The number of hydrogen-bond donors (Lipinski definition) is 1. The summed E-state index contributed by atoms with van der Waals surface area (Å²) in [5, 5.41) is 0. The van der Waals surface area contributed by atoms with Crippen molar-refractivity contribution in [2.75, 3.05) is 19.6 Å². The number of likely N-dealkylation sites (N-methyl/N-ethyl adjacent to an activating group) is 1. The third-order valence-electron chi connectivity index (χ3n) is 5.30. The molecule has 1 saturated carbocycles. The van der Waals surface area contributed by atoms with Gasteiger partial charge in [0.2, 0.25) is 0 Å². The van der Waals surface area contributed by atoms with E-state index in [0.29, 0.717) is 0 Å². The number of rotatable bonds is 5. The first-order valence-electron chi connectivity index (χ1n) is 9.60. The lowest BCUT2D eigenvalue weighted by molar-refractivity contribution is 0.0640. The van der Waals surface area contributed by atoms with E-state index in [1.54, 1.807) is 0 Å². The maximum Gasteiger partial charge on any atom is 0.0331 e. The zero-order valence-electron chi connectivity index (χ0n) is 15.0. The number of hydrogen-bond acceptors (Lipinski definition) is 2. The number of nitrogens with two attached hydrogens (primary N) is 1. The lowest BCUT2D eigenvalue weighted by Gasteiger charge is -2.44. The van der Waals surface area contributed by atoms with Crippen LogP contribution in [-0.2, 0) is 0 Å². The van der Waals surface area contributed by atoms with Crippen molar-refractivity contribution in [2.45, 2.75) is 96.9 Å². The van der Waals surface area contributed by atoms with Gasteiger partial charge in [0.05, 0.1) is 0 Å². The van der Waals surface area contributed by atoms with E-state index in [-0.39, 0.29) is 5.54 Å². The molecule has 0 bridgehead atoms. The Labute approximate surface area is 133 Å². The highest BCUT2D eigenvalue weighted by atomic mass is 15.2. The van der Waals surface area contributed by atoms with Crippen LogP contribution in [0.25, 0.3) is 0 Å². The van der Waals surface area contributed by atoms with Gasteiger partial charge < -0.3 is 5.73 Å². The largest absolute Gasteiger partial charge is 0.329 e. The molecule has 2 nitrogen and oxygen atoms in total. The lowest BCUT2D eigenvalue weighted by Crippen LogP contribution is -2.55. The second-order valence-electron chi connectivity index (χ2n) is 7.54. The molecule has 0 spiro atoms. The van der Waals surface area contributed by atoms with E-state index in [9.17, 15) is 0 Å². The quantitative estimate of drug-likeness (QED) is 0.776. The maximum atomic E-state index is 6.33. The minimum atomic E-state index is 0.276. The van der Waals surface area contributed by atoms with Gasteiger partial charge in [-0.05, 0) is 25.3 Å². The molecule has 1 fully saturated rings. The molecule has 21 heavy (non-hydrogen) atoms. The summed E-state index contributed by atoms with van der Waals surface area (Å²) in [6.07, 6.45) is 15.4. The third-order valence-corrected chi connectivity index (χ3v) is 5.30. The molecule has 0 aromatic rings. The summed E-state index contributed by atoms with van der Waals surface area (Å²) < 4.78 is 0. The summed E-state index contributed by atoms with van der Waals surface area (Å²) in [6, 6.07) is 0. The van der Waals surface area contributed by atoms with Crippen LogP contribution in [0.2, 0.25) is 0 Å². The molecule has 1 aliphatic carbocycles. The SMILES string of the molecule is CCN(CC(C)C)C1(CN)CCCCCCCCCCC1. The standard InChI is InChI=1S/C19H40N2/c1-4-21(16-18(2)3)19(17-20)14-12-10-8-6-5-7-9-11-13-15-19/h18H,4-17,20H2,1-3H3. The van der Waals surface area contributed by atoms with Crippen molar-refractivity contribution in [3.63, 3.8) is 0 Å². The molecule has 0 amide bonds. The normalized spacial score (nSPS) is 22.0. The molecule has 1 aliphatic rings. The first-order chi connectivity index (χ1) is 10.1. The molecule has 0 saturated heterocycles. The van der Waals surface area contributed by atoms with E-state index < -0.39 is 0 Å². The monoisotopic (exact) mass is 296 g/mol. The van der Waals surface area contributed by atoms with Gasteiger partial charge in [0, 0.05) is 18.6 Å². The Morgan fingerprint density at radius 3 is 1.62 bits per heavy atom. The van der Waals surface area contributed by atoms with Gasteiger partial charge in [-0.25, -0.2) is 0 Å². The van der Waals surface area contributed by atoms with Crippen molar-refractivity contribution < 1.29 is 0 Å². The van der Waals surface area contributed by atoms with Gasteiger partial charge in [-0.2, -0.15) is 0 Å². The van der Waals surface area contributed by atoms with Crippen molar-refractivity contribution >= 4 is 0 Å². The van der Waals surface area contributed by atoms with Crippen molar-refractivity contribution in [1.29, 1.82) is 0 Å². The van der Waals surface area contributed by atoms with Crippen molar-refractivity contribution in [2.24, 2.45) is 11.7 Å². The molecule has 0 unspecified atom stereocenters. The Kier molecular flexibility index (Phi) is 9.59. The zero-order valence-corrected chi connectivity index (χ0v) is 15.0. The summed E-state index contributed by atoms with van der Waals surface area (Å²) in [4.78, 5) is 2.71. The maximum absolute atomic E-state index is 6.33. The van der Waals surface area contributed by atoms with E-state index >= 15 is 0 Å². The predicted molar refractivity (Wildman–Crippen MR) is 94.7 cm³/mol. The minimum absolute atomic E-state index is 0.276. The van der Waals surface area contributed by atoms with Gasteiger partial charge in [0.25, 0.3) is 0 Å². The Morgan fingerprint density at radius 1 is 0.857 bits per heavy atom. The Balaban J connectivity index is 2.73. The van der Waals surface area contributed by atoms with E-state index in [0.717, 1.165) is 19.0 Å². The first-order valence-corrected chi connectivity index (χ1v) is 9.60. The molecule has 0 aromatic heterocycles. The lowest BCUT2D eigenvalue weighted by atomic mass is 9.83. The van der Waals surface area contributed by atoms with Gasteiger partial charge in [-0.3, -0.25) is 4.90 Å². The number of nitrogens with zero attached hydrogens (tertiary/aromatic N) is 1. The summed E-state index contributed by atoms with van der Waals surface area (Å²) >= 11 is 0. The van der Waals surface area contributed by atoms with Crippen molar-refractivity contribution in [1.82, 2.24) is 4.90 Å². The van der Waals surface area contributed by atoms with Crippen molar-refractivity contribution in [3.05, 3.63) is 0 Å².